The summed E-state index contributed by atoms with van der Waals surface area (Å²) in [4.78, 5) is 22.8. The number of rotatable bonds is 7. The minimum Gasteiger partial charge on any atom is -0.356 e. The number of sulfonamides is 1. The molecular weight excluding hydrogens is 282 g/mol. The minimum atomic E-state index is -3.17. The normalized spacial score (nSPS) is 19.8. The minimum absolute atomic E-state index is 0.0132. The van der Waals surface area contributed by atoms with E-state index < -0.39 is 10.0 Å². The molecule has 1 aliphatic rings. The van der Waals surface area contributed by atoms with Gasteiger partial charge >= 0.3 is 0 Å². The van der Waals surface area contributed by atoms with Gasteiger partial charge in [0.05, 0.1) is 12.2 Å². The molecule has 8 heteroatoms. The van der Waals surface area contributed by atoms with Crippen LogP contribution in [0.3, 0.4) is 0 Å². The van der Waals surface area contributed by atoms with E-state index in [2.05, 4.69) is 10.6 Å². The maximum absolute atomic E-state index is 11.8. The predicted molar refractivity (Wildman–Crippen MR) is 75.5 cm³/mol. The lowest BCUT2D eigenvalue weighted by atomic mass is 9.98. The van der Waals surface area contributed by atoms with Crippen molar-refractivity contribution in [3.63, 3.8) is 0 Å². The van der Waals surface area contributed by atoms with Crippen LogP contribution in [0.2, 0.25) is 0 Å². The number of hydrogen-bond donors (Lipinski definition) is 2. The van der Waals surface area contributed by atoms with Crippen molar-refractivity contribution < 1.29 is 18.0 Å². The van der Waals surface area contributed by atoms with Crippen molar-refractivity contribution >= 4 is 21.8 Å². The number of amides is 2. The molecule has 1 heterocycles. The first kappa shape index (κ1) is 16.9. The molecule has 1 fully saturated rings. The highest BCUT2D eigenvalue weighted by Gasteiger charge is 2.24. The molecule has 1 aliphatic heterocycles. The lowest BCUT2D eigenvalue weighted by Gasteiger charge is -2.22. The molecule has 1 unspecified atom stereocenters. The van der Waals surface area contributed by atoms with Crippen LogP contribution in [0.5, 0.6) is 0 Å². The third-order valence-electron chi connectivity index (χ3n) is 3.34. The highest BCUT2D eigenvalue weighted by atomic mass is 32.2. The fourth-order valence-electron chi connectivity index (χ4n) is 2.13. The van der Waals surface area contributed by atoms with Gasteiger partial charge in [0.25, 0.3) is 0 Å². The summed E-state index contributed by atoms with van der Waals surface area (Å²) in [6.45, 7) is 3.44. The summed E-state index contributed by atoms with van der Waals surface area (Å²) in [6.07, 6.45) is 2.71. The lowest BCUT2D eigenvalue weighted by Crippen LogP contribution is -2.43. The van der Waals surface area contributed by atoms with Crippen molar-refractivity contribution in [1.82, 2.24) is 14.9 Å². The summed E-state index contributed by atoms with van der Waals surface area (Å²) in [6, 6.07) is 0. The van der Waals surface area contributed by atoms with Crippen LogP contribution in [0.4, 0.5) is 0 Å². The second kappa shape index (κ2) is 7.58. The Balaban J connectivity index is 2.24. The topological polar surface area (TPSA) is 95.6 Å². The van der Waals surface area contributed by atoms with E-state index in [1.165, 1.54) is 10.6 Å². The highest BCUT2D eigenvalue weighted by Crippen LogP contribution is 2.10. The molecule has 0 aromatic carbocycles. The van der Waals surface area contributed by atoms with E-state index in [0.717, 1.165) is 0 Å². The lowest BCUT2D eigenvalue weighted by molar-refractivity contribution is -0.128. The molecule has 2 N–H and O–H groups in total. The second-order valence-corrected chi connectivity index (χ2v) is 6.92. The zero-order valence-corrected chi connectivity index (χ0v) is 12.8. The Morgan fingerprint density at radius 1 is 1.50 bits per heavy atom. The summed E-state index contributed by atoms with van der Waals surface area (Å²) in [7, 11) is -3.17. The summed E-state index contributed by atoms with van der Waals surface area (Å²) in [5.74, 6) is -0.266. The van der Waals surface area contributed by atoms with Gasteiger partial charge in [-0.15, -0.1) is 0 Å². The molecule has 0 aliphatic carbocycles. The summed E-state index contributed by atoms with van der Waals surface area (Å²) >= 11 is 0. The van der Waals surface area contributed by atoms with Crippen molar-refractivity contribution in [2.45, 2.75) is 26.2 Å². The standard InChI is InChI=1S/C12H23N3O4S/c1-3-15(20(2,18)19)8-4-7-13-12(17)10-5-6-11(16)14-9-10/h10H,3-9H2,1-2H3,(H,13,17)(H,14,16). The summed E-state index contributed by atoms with van der Waals surface area (Å²) in [5, 5.41) is 5.45. The third-order valence-corrected chi connectivity index (χ3v) is 4.72. The zero-order valence-electron chi connectivity index (χ0n) is 12.0. The van der Waals surface area contributed by atoms with Gasteiger partial charge in [0, 0.05) is 32.6 Å². The van der Waals surface area contributed by atoms with Gasteiger partial charge in [0.1, 0.15) is 0 Å². The van der Waals surface area contributed by atoms with E-state index >= 15 is 0 Å². The average molecular weight is 305 g/mol. The number of nitrogens with zero attached hydrogens (tertiary/aromatic N) is 1. The number of piperidine rings is 1. The molecule has 0 radical (unpaired) electrons. The molecule has 116 valence electrons. The van der Waals surface area contributed by atoms with Crippen molar-refractivity contribution in [2.75, 3.05) is 32.4 Å². The molecule has 0 bridgehead atoms. The van der Waals surface area contributed by atoms with Crippen LogP contribution >= 0.6 is 0 Å². The fraction of sp³-hybridized carbons (Fsp3) is 0.833. The highest BCUT2D eigenvalue weighted by molar-refractivity contribution is 7.88. The molecular formula is C12H23N3O4S. The Hall–Kier alpha value is -1.15. The van der Waals surface area contributed by atoms with E-state index in [1.54, 1.807) is 6.92 Å². The van der Waals surface area contributed by atoms with Crippen molar-refractivity contribution in [3.05, 3.63) is 0 Å². The largest absolute Gasteiger partial charge is 0.356 e. The van der Waals surface area contributed by atoms with Crippen LogP contribution < -0.4 is 10.6 Å². The predicted octanol–water partition coefficient (Wildman–Crippen LogP) is -0.700. The molecule has 0 aromatic rings. The van der Waals surface area contributed by atoms with Gasteiger partial charge in [-0.3, -0.25) is 9.59 Å². The smallest absolute Gasteiger partial charge is 0.224 e. The molecule has 1 saturated heterocycles. The van der Waals surface area contributed by atoms with Crippen LogP contribution in [0.1, 0.15) is 26.2 Å². The van der Waals surface area contributed by atoms with Gasteiger partial charge in [-0.1, -0.05) is 6.92 Å². The van der Waals surface area contributed by atoms with Gasteiger partial charge < -0.3 is 10.6 Å². The number of nitrogens with one attached hydrogen (secondary N) is 2. The van der Waals surface area contributed by atoms with Crippen LogP contribution in [0, 0.1) is 5.92 Å². The maximum atomic E-state index is 11.8. The molecule has 0 spiro atoms. The van der Waals surface area contributed by atoms with Gasteiger partial charge in [0.15, 0.2) is 0 Å². The summed E-state index contributed by atoms with van der Waals surface area (Å²) < 4.78 is 24.1. The van der Waals surface area contributed by atoms with Gasteiger partial charge in [-0.2, -0.15) is 0 Å². The number of carbonyl (C=O) groups is 2. The zero-order chi connectivity index (χ0) is 15.2. The first-order valence-corrected chi connectivity index (χ1v) is 8.69. The van der Waals surface area contributed by atoms with Gasteiger partial charge in [-0.05, 0) is 12.8 Å². The SMILES string of the molecule is CCN(CCCNC(=O)C1CCC(=O)NC1)S(C)(=O)=O. The van der Waals surface area contributed by atoms with E-state index in [-0.39, 0.29) is 17.7 Å². The number of hydrogen-bond acceptors (Lipinski definition) is 4. The molecule has 1 atom stereocenters. The van der Waals surface area contributed by atoms with E-state index in [1.807, 2.05) is 0 Å². The average Bonchev–Trinajstić information content (AvgIpc) is 2.37. The first-order chi connectivity index (χ1) is 9.34. The van der Waals surface area contributed by atoms with Crippen LogP contribution in [0.25, 0.3) is 0 Å². The molecule has 1 rings (SSSR count). The van der Waals surface area contributed by atoms with Crippen LogP contribution in [-0.4, -0.2) is 57.0 Å². The molecule has 7 nitrogen and oxygen atoms in total. The van der Waals surface area contributed by atoms with Crippen molar-refractivity contribution in [1.29, 1.82) is 0 Å². The first-order valence-electron chi connectivity index (χ1n) is 6.84. The Morgan fingerprint density at radius 2 is 2.20 bits per heavy atom. The van der Waals surface area contributed by atoms with E-state index in [9.17, 15) is 18.0 Å². The summed E-state index contributed by atoms with van der Waals surface area (Å²) in [5.41, 5.74) is 0. The van der Waals surface area contributed by atoms with E-state index in [0.29, 0.717) is 45.4 Å². The fourth-order valence-corrected chi connectivity index (χ4v) is 3.06. The Morgan fingerprint density at radius 3 is 2.70 bits per heavy atom. The van der Waals surface area contributed by atoms with E-state index in [4.69, 9.17) is 0 Å². The maximum Gasteiger partial charge on any atom is 0.224 e. The number of carbonyl (C=O) groups excluding carboxylic acids is 2. The Bertz CT molecular complexity index is 440. The van der Waals surface area contributed by atoms with Crippen LogP contribution in [-0.2, 0) is 19.6 Å². The second-order valence-electron chi connectivity index (χ2n) is 4.94. The van der Waals surface area contributed by atoms with Crippen molar-refractivity contribution in [3.8, 4) is 0 Å². The molecule has 20 heavy (non-hydrogen) atoms. The molecule has 0 aromatic heterocycles. The molecule has 0 saturated carbocycles. The Kier molecular flexibility index (Phi) is 6.41. The van der Waals surface area contributed by atoms with Gasteiger partial charge in [0.2, 0.25) is 21.8 Å². The quantitative estimate of drug-likeness (QED) is 0.608. The monoisotopic (exact) mass is 305 g/mol. The Labute approximate surface area is 120 Å². The molecule has 2 amide bonds. The van der Waals surface area contributed by atoms with Crippen molar-refractivity contribution in [2.24, 2.45) is 5.92 Å². The third kappa shape index (κ3) is 5.46. The van der Waals surface area contributed by atoms with Gasteiger partial charge in [-0.25, -0.2) is 12.7 Å². The van der Waals surface area contributed by atoms with Crippen LogP contribution in [0.15, 0.2) is 0 Å².